The molecule has 2 unspecified atom stereocenters. The maximum atomic E-state index is 14.0. The number of aliphatic hydroxyl groups excluding tert-OH is 2. The van der Waals surface area contributed by atoms with Crippen molar-refractivity contribution in [2.75, 3.05) is 6.61 Å². The molecule has 4 N–H and O–H groups in total. The van der Waals surface area contributed by atoms with Gasteiger partial charge >= 0.3 is 22.3 Å². The third-order valence-corrected chi connectivity index (χ3v) is 13.4. The molecule has 0 bridgehead atoms. The minimum Gasteiger partial charge on any atom is -0.457 e. The van der Waals surface area contributed by atoms with Crippen molar-refractivity contribution >= 4 is 28.2 Å². The lowest BCUT2D eigenvalue weighted by molar-refractivity contribution is -0.254. The first-order chi connectivity index (χ1) is 33.0. The number of amides is 1. The van der Waals surface area contributed by atoms with E-state index in [9.17, 15) is 37.6 Å². The fourth-order valence-corrected chi connectivity index (χ4v) is 9.49. The standard InChI is InChI=1S/C54H87NO12S/c1-2-3-4-5-6-7-8-15-20-31-40-46(64-48(57)41-32-21-16-11-9-13-18-25-34-44-36-27-23-28-37-44)53(59)55-50-52(51(67-68(61,62)63)47(43-56)65-54(50)60)66-49(58)42-33-22-17-12-10-14-19-26-35-45-38-29-24-30-39-45/h23-24,27-30,36-39,46-47,50-52,54,56,60H,2-22,25-26,31-35,40-43H2,1H3,(H,55,59)(H,61,62,63)/t46?,47-,50-,51-,52-,54?/m1/s1. The average Bonchev–Trinajstić information content (AvgIpc) is 3.32. The zero-order valence-electron chi connectivity index (χ0n) is 41.3. The predicted octanol–water partition coefficient (Wildman–Crippen LogP) is 11.0. The van der Waals surface area contributed by atoms with Gasteiger partial charge in [-0.1, -0.05) is 202 Å². The van der Waals surface area contributed by atoms with Crippen LogP contribution in [-0.2, 0) is 56.0 Å². The van der Waals surface area contributed by atoms with Crippen LogP contribution in [0.2, 0.25) is 0 Å². The molecule has 1 heterocycles. The van der Waals surface area contributed by atoms with Gasteiger partial charge in [-0.05, 0) is 62.5 Å². The Hall–Kier alpha value is -3.40. The van der Waals surface area contributed by atoms with Gasteiger partial charge < -0.3 is 29.7 Å². The van der Waals surface area contributed by atoms with Crippen LogP contribution < -0.4 is 5.32 Å². The van der Waals surface area contributed by atoms with Crippen LogP contribution in [0.4, 0.5) is 0 Å². The second-order valence-corrected chi connectivity index (χ2v) is 19.9. The lowest BCUT2D eigenvalue weighted by Gasteiger charge is -2.43. The minimum absolute atomic E-state index is 0.0404. The molecule has 0 aliphatic carbocycles. The Balaban J connectivity index is 1.54. The Labute approximate surface area is 409 Å². The molecule has 1 aliphatic rings. The molecule has 6 atom stereocenters. The van der Waals surface area contributed by atoms with Crippen LogP contribution in [-0.4, -0.2) is 84.4 Å². The summed E-state index contributed by atoms with van der Waals surface area (Å²) in [7, 11) is -5.19. The van der Waals surface area contributed by atoms with Gasteiger partial charge in [-0.15, -0.1) is 0 Å². The van der Waals surface area contributed by atoms with Gasteiger partial charge in [0.05, 0.1) is 6.61 Å². The van der Waals surface area contributed by atoms with Crippen LogP contribution >= 0.6 is 0 Å². The lowest BCUT2D eigenvalue weighted by atomic mass is 9.96. The van der Waals surface area contributed by atoms with E-state index < -0.39 is 71.6 Å². The third kappa shape index (κ3) is 27.1. The highest BCUT2D eigenvalue weighted by atomic mass is 32.3. The molecule has 1 aliphatic heterocycles. The van der Waals surface area contributed by atoms with Crippen LogP contribution in [0.25, 0.3) is 0 Å². The number of hydrogen-bond donors (Lipinski definition) is 4. The maximum Gasteiger partial charge on any atom is 0.397 e. The Morgan fingerprint density at radius 2 is 1.03 bits per heavy atom. The summed E-state index contributed by atoms with van der Waals surface area (Å²) in [5.41, 5.74) is 2.71. The molecule has 0 saturated carbocycles. The van der Waals surface area contributed by atoms with Crippen LogP contribution in [0.5, 0.6) is 0 Å². The summed E-state index contributed by atoms with van der Waals surface area (Å²) in [5.74, 6) is -2.07. The molecule has 2 aromatic carbocycles. The third-order valence-electron chi connectivity index (χ3n) is 12.9. The molecule has 0 aromatic heterocycles. The van der Waals surface area contributed by atoms with Gasteiger partial charge in [0.15, 0.2) is 18.5 Å². The van der Waals surface area contributed by atoms with E-state index in [0.29, 0.717) is 19.3 Å². The second-order valence-electron chi connectivity index (χ2n) is 18.8. The molecule has 3 rings (SSSR count). The quantitative estimate of drug-likeness (QED) is 0.0281. The number of carbonyl (C=O) groups is 3. The Morgan fingerprint density at radius 3 is 1.49 bits per heavy atom. The lowest BCUT2D eigenvalue weighted by Crippen LogP contribution is -2.67. The normalized spacial score (nSPS) is 18.8. The largest absolute Gasteiger partial charge is 0.457 e. The molecule has 68 heavy (non-hydrogen) atoms. The van der Waals surface area contributed by atoms with E-state index in [1.54, 1.807) is 0 Å². The van der Waals surface area contributed by atoms with Crippen LogP contribution in [0.3, 0.4) is 0 Å². The fourth-order valence-electron chi connectivity index (χ4n) is 8.97. The van der Waals surface area contributed by atoms with Crippen molar-refractivity contribution in [1.82, 2.24) is 5.32 Å². The van der Waals surface area contributed by atoms with Gasteiger partial charge in [0.25, 0.3) is 5.91 Å². The number of unbranched alkanes of at least 4 members (excludes halogenated alkanes) is 23. The molecule has 386 valence electrons. The highest BCUT2D eigenvalue weighted by Gasteiger charge is 2.51. The SMILES string of the molecule is CCCCCCCCCCCCC(OC(=O)CCCCCCCCCCc1ccccc1)C(=O)N[C@H]1C(O)O[C@H](CO)[C@@H](OS(=O)(=O)O)[C@@H]1OC(=O)CCCCCCCCCCc1ccccc1. The first-order valence-electron chi connectivity index (χ1n) is 26.4. The monoisotopic (exact) mass is 974 g/mol. The average molecular weight is 974 g/mol. The molecular formula is C54H87NO12S. The second kappa shape index (κ2) is 36.5. The number of benzene rings is 2. The topological polar surface area (TPSA) is 195 Å². The molecular weight excluding hydrogens is 887 g/mol. The Bertz CT molecular complexity index is 1710. The van der Waals surface area contributed by atoms with E-state index in [2.05, 4.69) is 60.8 Å². The highest BCUT2D eigenvalue weighted by Crippen LogP contribution is 2.28. The van der Waals surface area contributed by atoms with Crippen molar-refractivity contribution in [1.29, 1.82) is 0 Å². The fraction of sp³-hybridized carbons (Fsp3) is 0.722. The molecule has 0 radical (unpaired) electrons. The smallest absolute Gasteiger partial charge is 0.397 e. The van der Waals surface area contributed by atoms with Crippen molar-refractivity contribution in [3.8, 4) is 0 Å². The number of hydrogen-bond acceptors (Lipinski definition) is 11. The van der Waals surface area contributed by atoms with Gasteiger partial charge in [-0.25, -0.2) is 4.18 Å². The van der Waals surface area contributed by atoms with E-state index in [1.807, 2.05) is 12.1 Å². The van der Waals surface area contributed by atoms with Crippen molar-refractivity contribution in [2.45, 2.75) is 243 Å². The number of esters is 2. The summed E-state index contributed by atoms with van der Waals surface area (Å²) in [4.78, 5) is 40.5. The summed E-state index contributed by atoms with van der Waals surface area (Å²) in [6.45, 7) is 1.33. The molecule has 1 fully saturated rings. The zero-order valence-corrected chi connectivity index (χ0v) is 42.1. The van der Waals surface area contributed by atoms with Gasteiger partial charge in [0.1, 0.15) is 18.2 Å². The van der Waals surface area contributed by atoms with Gasteiger partial charge in [0, 0.05) is 12.8 Å². The molecule has 1 amide bonds. The number of aryl methyl sites for hydroxylation is 2. The summed E-state index contributed by atoms with van der Waals surface area (Å²) in [6.07, 6.45) is 20.7. The van der Waals surface area contributed by atoms with E-state index in [4.69, 9.17) is 18.4 Å². The molecule has 13 nitrogen and oxygen atoms in total. The van der Waals surface area contributed by atoms with Gasteiger partial charge in [0.2, 0.25) is 0 Å². The Kier molecular flexibility index (Phi) is 31.6. The summed E-state index contributed by atoms with van der Waals surface area (Å²) >= 11 is 0. The summed E-state index contributed by atoms with van der Waals surface area (Å²) < 4.78 is 55.6. The summed E-state index contributed by atoms with van der Waals surface area (Å²) in [5, 5.41) is 23.8. The predicted molar refractivity (Wildman–Crippen MR) is 266 cm³/mol. The first-order valence-corrected chi connectivity index (χ1v) is 27.7. The summed E-state index contributed by atoms with van der Waals surface area (Å²) in [6, 6.07) is 19.3. The zero-order chi connectivity index (χ0) is 49.1. The number of aliphatic hydroxyl groups is 2. The molecule has 1 saturated heterocycles. The van der Waals surface area contributed by atoms with Crippen LogP contribution in [0, 0.1) is 0 Å². The molecule has 0 spiro atoms. The number of ether oxygens (including phenoxy) is 3. The highest BCUT2D eigenvalue weighted by molar-refractivity contribution is 7.80. The van der Waals surface area contributed by atoms with Gasteiger partial charge in [-0.3, -0.25) is 18.9 Å². The molecule has 2 aromatic rings. The number of nitrogens with one attached hydrogen (secondary N) is 1. The molecule has 14 heteroatoms. The Morgan fingerprint density at radius 1 is 0.603 bits per heavy atom. The van der Waals surface area contributed by atoms with E-state index in [-0.39, 0.29) is 19.3 Å². The first kappa shape index (κ1) is 58.9. The maximum absolute atomic E-state index is 14.0. The van der Waals surface area contributed by atoms with Crippen LogP contribution in [0.15, 0.2) is 60.7 Å². The van der Waals surface area contributed by atoms with E-state index in [1.165, 1.54) is 62.5 Å². The number of rotatable bonds is 40. The van der Waals surface area contributed by atoms with Crippen molar-refractivity contribution < 1.29 is 56.0 Å². The van der Waals surface area contributed by atoms with E-state index in [0.717, 1.165) is 109 Å². The number of carbonyl (C=O) groups excluding carboxylic acids is 3. The van der Waals surface area contributed by atoms with Crippen molar-refractivity contribution in [3.05, 3.63) is 71.8 Å². The van der Waals surface area contributed by atoms with Gasteiger partial charge in [-0.2, -0.15) is 8.42 Å². The van der Waals surface area contributed by atoms with E-state index >= 15 is 0 Å². The van der Waals surface area contributed by atoms with Crippen LogP contribution in [0.1, 0.15) is 204 Å². The van der Waals surface area contributed by atoms with Crippen molar-refractivity contribution in [2.24, 2.45) is 0 Å². The minimum atomic E-state index is -5.19. The van der Waals surface area contributed by atoms with Crippen molar-refractivity contribution in [3.63, 3.8) is 0 Å².